The number of rotatable bonds is 6. The number of methoxy groups -OCH3 is 1. The van der Waals surface area contributed by atoms with Crippen LogP contribution in [0.15, 0.2) is 18.2 Å². The van der Waals surface area contributed by atoms with Crippen LogP contribution in [0.4, 0.5) is 13.2 Å². The van der Waals surface area contributed by atoms with E-state index in [1.807, 2.05) is 0 Å². The van der Waals surface area contributed by atoms with Crippen molar-refractivity contribution in [3.05, 3.63) is 28.8 Å². The summed E-state index contributed by atoms with van der Waals surface area (Å²) in [5.41, 5.74) is -3.62. The normalized spacial score (nSPS) is 18.6. The second-order valence-electron chi connectivity index (χ2n) is 5.66. The van der Waals surface area contributed by atoms with Gasteiger partial charge < -0.3 is 14.6 Å². The Kier molecular flexibility index (Phi) is 5.34. The van der Waals surface area contributed by atoms with Crippen molar-refractivity contribution >= 4 is 17.6 Å². The van der Waals surface area contributed by atoms with Crippen LogP contribution in [0.2, 0.25) is 5.02 Å². The Morgan fingerprint density at radius 1 is 1.42 bits per heavy atom. The standard InChI is InChI=1S/C16H18ClF3O4/c1-3-24-14(21)15(22,16(18,19)20)12(9-7-8-9)10-5-4-6-11(17)13(10)23-2/h4-6,9,12,22H,3,7-8H2,1-2H3. The summed E-state index contributed by atoms with van der Waals surface area (Å²) in [6, 6.07) is 4.30. The van der Waals surface area contributed by atoms with Gasteiger partial charge in [0.2, 0.25) is 0 Å². The van der Waals surface area contributed by atoms with Crippen LogP contribution in [0.1, 0.15) is 31.2 Å². The minimum atomic E-state index is -5.21. The Bertz CT molecular complexity index is 616. The van der Waals surface area contributed by atoms with E-state index in [1.165, 1.54) is 32.2 Å². The highest BCUT2D eigenvalue weighted by Gasteiger charge is 2.68. The molecule has 1 fully saturated rings. The zero-order valence-electron chi connectivity index (χ0n) is 13.2. The summed E-state index contributed by atoms with van der Waals surface area (Å²) in [4.78, 5) is 12.1. The fourth-order valence-electron chi connectivity index (χ4n) is 2.90. The summed E-state index contributed by atoms with van der Waals surface area (Å²) < 4.78 is 50.8. The molecule has 0 saturated heterocycles. The number of alkyl halides is 3. The van der Waals surface area contributed by atoms with E-state index in [9.17, 15) is 23.1 Å². The highest BCUT2D eigenvalue weighted by Crippen LogP contribution is 2.55. The molecule has 1 saturated carbocycles. The van der Waals surface area contributed by atoms with E-state index in [4.69, 9.17) is 16.3 Å². The summed E-state index contributed by atoms with van der Waals surface area (Å²) in [5, 5.41) is 10.6. The first-order valence-electron chi connectivity index (χ1n) is 7.47. The number of para-hydroxylation sites is 1. The van der Waals surface area contributed by atoms with E-state index < -0.39 is 29.6 Å². The Morgan fingerprint density at radius 2 is 2.04 bits per heavy atom. The number of carbonyl (C=O) groups is 1. The molecule has 0 heterocycles. The molecular weight excluding hydrogens is 349 g/mol. The summed E-state index contributed by atoms with van der Waals surface area (Å²) in [6.45, 7) is 1.10. The maximum Gasteiger partial charge on any atom is 0.428 e. The van der Waals surface area contributed by atoms with Crippen LogP contribution in [0.25, 0.3) is 0 Å². The molecule has 1 aromatic carbocycles. The molecular formula is C16H18ClF3O4. The minimum Gasteiger partial charge on any atom is -0.495 e. The van der Waals surface area contributed by atoms with Gasteiger partial charge in [-0.1, -0.05) is 23.7 Å². The Labute approximate surface area is 142 Å². The lowest BCUT2D eigenvalue weighted by Gasteiger charge is -2.36. The van der Waals surface area contributed by atoms with Crippen LogP contribution in [-0.4, -0.2) is 36.6 Å². The number of benzene rings is 1. The molecule has 0 spiro atoms. The van der Waals surface area contributed by atoms with Gasteiger partial charge in [0.05, 0.1) is 18.7 Å². The minimum absolute atomic E-state index is 0.0167. The predicted molar refractivity (Wildman–Crippen MR) is 81.1 cm³/mol. The van der Waals surface area contributed by atoms with Gasteiger partial charge in [0.15, 0.2) is 0 Å². The average Bonchev–Trinajstić information content (AvgIpc) is 3.31. The molecule has 8 heteroatoms. The van der Waals surface area contributed by atoms with Gasteiger partial charge in [0, 0.05) is 11.5 Å². The molecule has 134 valence electrons. The number of ether oxygens (including phenoxy) is 2. The molecule has 1 aliphatic rings. The van der Waals surface area contributed by atoms with Gasteiger partial charge in [-0.3, -0.25) is 0 Å². The van der Waals surface area contributed by atoms with E-state index >= 15 is 0 Å². The Hall–Kier alpha value is -1.47. The fourth-order valence-corrected chi connectivity index (χ4v) is 3.15. The molecule has 2 rings (SSSR count). The summed E-state index contributed by atoms with van der Waals surface area (Å²) in [6.07, 6.45) is -4.30. The molecule has 2 atom stereocenters. The first-order chi connectivity index (χ1) is 11.2. The highest BCUT2D eigenvalue weighted by molar-refractivity contribution is 6.32. The third kappa shape index (κ3) is 3.19. The maximum absolute atomic E-state index is 13.7. The van der Waals surface area contributed by atoms with E-state index in [2.05, 4.69) is 4.74 Å². The van der Waals surface area contributed by atoms with E-state index in [-0.39, 0.29) is 22.9 Å². The quantitative estimate of drug-likeness (QED) is 0.780. The molecule has 0 radical (unpaired) electrons. The van der Waals surface area contributed by atoms with Gasteiger partial charge >= 0.3 is 12.1 Å². The van der Waals surface area contributed by atoms with Crippen molar-refractivity contribution in [1.29, 1.82) is 0 Å². The smallest absolute Gasteiger partial charge is 0.428 e. The van der Waals surface area contributed by atoms with Gasteiger partial charge in [-0.05, 0) is 31.7 Å². The molecule has 4 nitrogen and oxygen atoms in total. The summed E-state index contributed by atoms with van der Waals surface area (Å²) in [7, 11) is 1.27. The SMILES string of the molecule is CCOC(=O)C(O)(C(c1cccc(Cl)c1OC)C1CC1)C(F)(F)F. The first kappa shape index (κ1) is 18.9. The second kappa shape index (κ2) is 6.80. The molecule has 1 aromatic rings. The van der Waals surface area contributed by atoms with Crippen molar-refractivity contribution in [2.45, 2.75) is 37.5 Å². The van der Waals surface area contributed by atoms with Crippen molar-refractivity contribution in [3.63, 3.8) is 0 Å². The van der Waals surface area contributed by atoms with Gasteiger partial charge in [-0.2, -0.15) is 13.2 Å². The van der Waals surface area contributed by atoms with Crippen molar-refractivity contribution < 1.29 is 32.5 Å². The Morgan fingerprint density at radius 3 is 2.50 bits per heavy atom. The topological polar surface area (TPSA) is 55.8 Å². The predicted octanol–water partition coefficient (Wildman–Crippen LogP) is 3.70. The van der Waals surface area contributed by atoms with Crippen LogP contribution in [0.3, 0.4) is 0 Å². The third-order valence-corrected chi connectivity index (χ3v) is 4.40. The molecule has 0 amide bonds. The number of esters is 1. The van der Waals surface area contributed by atoms with Gasteiger partial charge in [0.25, 0.3) is 5.60 Å². The number of halogens is 4. The molecule has 1 aliphatic carbocycles. The lowest BCUT2D eigenvalue weighted by Crippen LogP contribution is -2.57. The Balaban J connectivity index is 2.64. The van der Waals surface area contributed by atoms with E-state index in [0.717, 1.165) is 0 Å². The maximum atomic E-state index is 13.7. The van der Waals surface area contributed by atoms with Gasteiger partial charge in [-0.15, -0.1) is 0 Å². The van der Waals surface area contributed by atoms with Crippen molar-refractivity contribution in [3.8, 4) is 5.75 Å². The zero-order chi connectivity index (χ0) is 18.1. The number of aliphatic hydroxyl groups is 1. The molecule has 0 aliphatic heterocycles. The number of hydrogen-bond donors (Lipinski definition) is 1. The van der Waals surface area contributed by atoms with E-state index in [1.54, 1.807) is 0 Å². The lowest BCUT2D eigenvalue weighted by atomic mass is 9.77. The monoisotopic (exact) mass is 366 g/mol. The van der Waals surface area contributed by atoms with Crippen LogP contribution in [0.5, 0.6) is 5.75 Å². The zero-order valence-corrected chi connectivity index (χ0v) is 13.9. The van der Waals surface area contributed by atoms with Crippen molar-refractivity contribution in [1.82, 2.24) is 0 Å². The molecule has 1 N–H and O–H groups in total. The lowest BCUT2D eigenvalue weighted by molar-refractivity contribution is -0.271. The summed E-state index contributed by atoms with van der Waals surface area (Å²) in [5.74, 6) is -3.77. The van der Waals surface area contributed by atoms with Crippen LogP contribution >= 0.6 is 11.6 Å². The van der Waals surface area contributed by atoms with Crippen LogP contribution < -0.4 is 4.74 Å². The van der Waals surface area contributed by atoms with Crippen LogP contribution in [-0.2, 0) is 9.53 Å². The second-order valence-corrected chi connectivity index (χ2v) is 6.07. The third-order valence-electron chi connectivity index (χ3n) is 4.10. The molecule has 0 bridgehead atoms. The largest absolute Gasteiger partial charge is 0.495 e. The van der Waals surface area contributed by atoms with Crippen molar-refractivity contribution in [2.24, 2.45) is 5.92 Å². The first-order valence-corrected chi connectivity index (χ1v) is 7.85. The molecule has 2 unspecified atom stereocenters. The van der Waals surface area contributed by atoms with E-state index in [0.29, 0.717) is 12.8 Å². The average molecular weight is 367 g/mol. The molecule has 0 aromatic heterocycles. The fraction of sp³-hybridized carbons (Fsp3) is 0.562. The van der Waals surface area contributed by atoms with Crippen molar-refractivity contribution in [2.75, 3.05) is 13.7 Å². The van der Waals surface area contributed by atoms with Gasteiger partial charge in [0.1, 0.15) is 5.75 Å². The molecule has 24 heavy (non-hydrogen) atoms. The number of hydrogen-bond acceptors (Lipinski definition) is 4. The number of carbonyl (C=O) groups excluding carboxylic acids is 1. The van der Waals surface area contributed by atoms with Crippen LogP contribution in [0, 0.1) is 5.92 Å². The summed E-state index contributed by atoms with van der Waals surface area (Å²) >= 11 is 6.00. The van der Waals surface area contributed by atoms with Gasteiger partial charge in [-0.25, -0.2) is 4.79 Å². The highest BCUT2D eigenvalue weighted by atomic mass is 35.5.